The number of ether oxygens (including phenoxy) is 1. The van der Waals surface area contributed by atoms with Gasteiger partial charge in [-0.25, -0.2) is 4.79 Å². The van der Waals surface area contributed by atoms with Crippen molar-refractivity contribution in [1.29, 1.82) is 5.41 Å². The maximum absolute atomic E-state index is 11.4. The zero-order valence-corrected chi connectivity index (χ0v) is 15.4. The third-order valence-corrected chi connectivity index (χ3v) is 4.85. The topological polar surface area (TPSA) is 119 Å². The number of carbonyl (C=O) groups is 1. The molecule has 28 heavy (non-hydrogen) atoms. The Kier molecular flexibility index (Phi) is 4.70. The lowest BCUT2D eigenvalue weighted by molar-refractivity contribution is 0.208. The van der Waals surface area contributed by atoms with Crippen molar-refractivity contribution < 1.29 is 9.53 Å². The number of pyridine rings is 1. The molecule has 0 saturated heterocycles. The standard InChI is InChI=1S/C19H17ClN6O2/c20-15-16(21)26-14(11-6-2-1-3-7-11)10-13(12-8-4-5-9-23-12)24-17(26)18(25-15)28-19(22)27/h1-9,13-14,21,24H,10H2,(H2,22,27). The van der Waals surface area contributed by atoms with Gasteiger partial charge >= 0.3 is 6.09 Å². The van der Waals surface area contributed by atoms with E-state index >= 15 is 0 Å². The second-order valence-electron chi connectivity index (χ2n) is 6.31. The van der Waals surface area contributed by atoms with Crippen LogP contribution in [0.25, 0.3) is 0 Å². The number of rotatable bonds is 3. The van der Waals surface area contributed by atoms with Gasteiger partial charge in [0.1, 0.15) is 0 Å². The van der Waals surface area contributed by atoms with Crippen LogP contribution in [0.3, 0.4) is 0 Å². The van der Waals surface area contributed by atoms with E-state index in [2.05, 4.69) is 15.3 Å². The highest BCUT2D eigenvalue weighted by Crippen LogP contribution is 2.40. The van der Waals surface area contributed by atoms with Crippen LogP contribution < -0.4 is 21.3 Å². The van der Waals surface area contributed by atoms with Crippen LogP contribution in [0.1, 0.15) is 29.8 Å². The number of amides is 1. The molecule has 1 aliphatic heterocycles. The fourth-order valence-corrected chi connectivity index (χ4v) is 3.58. The summed E-state index contributed by atoms with van der Waals surface area (Å²) in [6.07, 6.45) is 1.32. The Bertz CT molecular complexity index is 1070. The van der Waals surface area contributed by atoms with Crippen molar-refractivity contribution in [1.82, 2.24) is 14.5 Å². The average molecular weight is 397 g/mol. The summed E-state index contributed by atoms with van der Waals surface area (Å²) in [5.74, 6) is 0.277. The number of nitrogens with two attached hydrogens (primary N) is 1. The largest absolute Gasteiger partial charge is 0.411 e. The van der Waals surface area contributed by atoms with E-state index in [1.54, 1.807) is 10.8 Å². The van der Waals surface area contributed by atoms with Crippen LogP contribution >= 0.6 is 11.6 Å². The number of nitrogens with one attached hydrogen (secondary N) is 2. The average Bonchev–Trinajstić information content (AvgIpc) is 2.72. The second kappa shape index (κ2) is 7.32. The highest BCUT2D eigenvalue weighted by atomic mass is 35.5. The quantitative estimate of drug-likeness (QED) is 0.628. The van der Waals surface area contributed by atoms with Crippen molar-refractivity contribution in [3.63, 3.8) is 0 Å². The third-order valence-electron chi connectivity index (χ3n) is 4.59. The summed E-state index contributed by atoms with van der Waals surface area (Å²) >= 11 is 6.15. The number of carbonyl (C=O) groups excluding carboxylic acids is 1. The van der Waals surface area contributed by atoms with Crippen molar-refractivity contribution >= 4 is 23.5 Å². The van der Waals surface area contributed by atoms with Crippen LogP contribution in [0.5, 0.6) is 5.88 Å². The van der Waals surface area contributed by atoms with E-state index in [9.17, 15) is 4.79 Å². The van der Waals surface area contributed by atoms with E-state index in [0.29, 0.717) is 12.2 Å². The van der Waals surface area contributed by atoms with Gasteiger partial charge in [0.05, 0.1) is 17.8 Å². The number of primary amides is 1. The predicted molar refractivity (Wildman–Crippen MR) is 103 cm³/mol. The Balaban J connectivity index is 1.92. The minimum Gasteiger partial charge on any atom is -0.387 e. The van der Waals surface area contributed by atoms with E-state index in [-0.39, 0.29) is 28.6 Å². The maximum atomic E-state index is 11.4. The van der Waals surface area contributed by atoms with Gasteiger partial charge in [-0.05, 0) is 24.1 Å². The Labute approximate surface area is 165 Å². The normalized spacial score (nSPS) is 18.0. The molecule has 3 heterocycles. The summed E-state index contributed by atoms with van der Waals surface area (Å²) < 4.78 is 6.74. The molecule has 0 bridgehead atoms. The SMILES string of the molecule is N=c1c(Cl)nc(OC(N)=O)c2n1C(c1ccccc1)CC(c1ccccn1)N2. The van der Waals surface area contributed by atoms with Gasteiger partial charge in [0.25, 0.3) is 5.88 Å². The van der Waals surface area contributed by atoms with Gasteiger partial charge < -0.3 is 15.8 Å². The molecule has 2 unspecified atom stereocenters. The fraction of sp³-hybridized carbons (Fsp3) is 0.158. The van der Waals surface area contributed by atoms with Crippen LogP contribution in [0.2, 0.25) is 5.15 Å². The lowest BCUT2D eigenvalue weighted by Crippen LogP contribution is -2.37. The number of nitrogens with zero attached hydrogens (tertiary/aromatic N) is 3. The zero-order chi connectivity index (χ0) is 19.7. The summed E-state index contributed by atoms with van der Waals surface area (Å²) in [7, 11) is 0. The summed E-state index contributed by atoms with van der Waals surface area (Å²) in [5, 5.41) is 11.6. The van der Waals surface area contributed by atoms with Gasteiger partial charge in [-0.3, -0.25) is 15.0 Å². The van der Waals surface area contributed by atoms with Crippen molar-refractivity contribution in [2.24, 2.45) is 5.73 Å². The number of anilines is 1. The van der Waals surface area contributed by atoms with E-state index in [1.165, 1.54) is 0 Å². The molecule has 0 spiro atoms. The number of benzene rings is 1. The minimum absolute atomic E-state index is 0.00862. The van der Waals surface area contributed by atoms with Crippen molar-refractivity contribution in [2.75, 3.05) is 5.32 Å². The van der Waals surface area contributed by atoms with Gasteiger partial charge in [-0.15, -0.1) is 0 Å². The number of hydrogen-bond acceptors (Lipinski definition) is 6. The maximum Gasteiger partial charge on any atom is 0.411 e. The Morgan fingerprint density at radius 1 is 1.25 bits per heavy atom. The first-order chi connectivity index (χ1) is 13.5. The molecule has 0 saturated carbocycles. The van der Waals surface area contributed by atoms with Gasteiger partial charge in [-0.2, -0.15) is 4.98 Å². The van der Waals surface area contributed by atoms with Gasteiger partial charge in [-0.1, -0.05) is 48.0 Å². The zero-order valence-electron chi connectivity index (χ0n) is 14.7. The molecule has 1 aromatic carbocycles. The minimum atomic E-state index is -1.01. The van der Waals surface area contributed by atoms with Crippen LogP contribution in [-0.4, -0.2) is 20.6 Å². The van der Waals surface area contributed by atoms with Crippen molar-refractivity contribution in [2.45, 2.75) is 18.5 Å². The summed E-state index contributed by atoms with van der Waals surface area (Å²) in [4.78, 5) is 19.8. The fourth-order valence-electron chi connectivity index (χ4n) is 3.41. The van der Waals surface area contributed by atoms with Gasteiger partial charge in [0, 0.05) is 6.20 Å². The van der Waals surface area contributed by atoms with Gasteiger partial charge in [0.2, 0.25) is 0 Å². The molecular formula is C19H17ClN6O2. The van der Waals surface area contributed by atoms with Crippen LogP contribution in [0.15, 0.2) is 54.7 Å². The number of fused-ring (bicyclic) bond motifs is 1. The highest BCUT2D eigenvalue weighted by molar-refractivity contribution is 6.29. The molecule has 4 N–H and O–H groups in total. The second-order valence-corrected chi connectivity index (χ2v) is 6.67. The molecule has 2 aromatic heterocycles. The molecule has 3 aromatic rings. The molecule has 1 amide bonds. The lowest BCUT2D eigenvalue weighted by Gasteiger charge is -2.35. The number of aromatic nitrogens is 3. The molecule has 4 rings (SSSR count). The molecule has 2 atom stereocenters. The van der Waals surface area contributed by atoms with E-state index in [0.717, 1.165) is 11.3 Å². The molecule has 9 heteroatoms. The highest BCUT2D eigenvalue weighted by Gasteiger charge is 2.33. The lowest BCUT2D eigenvalue weighted by atomic mass is 9.94. The van der Waals surface area contributed by atoms with Crippen molar-refractivity contribution in [3.8, 4) is 5.88 Å². The van der Waals surface area contributed by atoms with Crippen molar-refractivity contribution in [3.05, 3.63) is 76.6 Å². The smallest absolute Gasteiger partial charge is 0.387 e. The first kappa shape index (κ1) is 18.0. The van der Waals surface area contributed by atoms with E-state index < -0.39 is 6.09 Å². The Morgan fingerprint density at radius 3 is 2.68 bits per heavy atom. The summed E-state index contributed by atoms with van der Waals surface area (Å²) in [5.41, 5.74) is 7.01. The van der Waals surface area contributed by atoms with Crippen LogP contribution in [0, 0.1) is 5.41 Å². The van der Waals surface area contributed by atoms with E-state index in [4.69, 9.17) is 27.5 Å². The van der Waals surface area contributed by atoms with E-state index in [1.807, 2.05) is 48.5 Å². The first-order valence-electron chi connectivity index (χ1n) is 8.61. The number of hydrogen-bond donors (Lipinski definition) is 3. The summed E-state index contributed by atoms with van der Waals surface area (Å²) in [6, 6.07) is 15.0. The first-order valence-corrected chi connectivity index (χ1v) is 8.98. The van der Waals surface area contributed by atoms with Crippen LogP contribution in [-0.2, 0) is 0 Å². The Morgan fingerprint density at radius 2 is 2.00 bits per heavy atom. The molecule has 0 fully saturated rings. The molecule has 8 nitrogen and oxygen atoms in total. The molecular weight excluding hydrogens is 380 g/mol. The number of halogens is 1. The molecule has 1 aliphatic rings. The third kappa shape index (κ3) is 3.29. The monoisotopic (exact) mass is 396 g/mol. The molecule has 0 aliphatic carbocycles. The van der Waals surface area contributed by atoms with Gasteiger partial charge in [0.15, 0.2) is 16.5 Å². The molecule has 0 radical (unpaired) electrons. The Hall–Kier alpha value is -3.39. The summed E-state index contributed by atoms with van der Waals surface area (Å²) in [6.45, 7) is 0. The predicted octanol–water partition coefficient (Wildman–Crippen LogP) is 3.01. The molecule has 142 valence electrons. The van der Waals surface area contributed by atoms with Crippen LogP contribution in [0.4, 0.5) is 10.6 Å².